The molecule has 0 aromatic carbocycles. The van der Waals surface area contributed by atoms with Crippen molar-refractivity contribution in [3.8, 4) is 0 Å². The van der Waals surface area contributed by atoms with Crippen LogP contribution in [-0.4, -0.2) is 79.2 Å². The van der Waals surface area contributed by atoms with E-state index in [0.29, 0.717) is 19.7 Å². The van der Waals surface area contributed by atoms with Crippen molar-refractivity contribution in [2.45, 2.75) is 25.5 Å². The van der Waals surface area contributed by atoms with E-state index in [2.05, 4.69) is 35.3 Å². The Hall–Kier alpha value is -0.380. The van der Waals surface area contributed by atoms with Gasteiger partial charge in [0.25, 0.3) is 0 Å². The highest BCUT2D eigenvalue weighted by atomic mass is 127. The number of carbonyl (C=O) groups is 1. The zero-order valence-electron chi connectivity index (χ0n) is 14.2. The van der Waals surface area contributed by atoms with Crippen molar-refractivity contribution in [2.24, 2.45) is 4.99 Å². The van der Waals surface area contributed by atoms with Crippen LogP contribution in [0.1, 0.15) is 20.8 Å². The summed E-state index contributed by atoms with van der Waals surface area (Å²) in [5.74, 6) is 0.903. The molecule has 1 aliphatic rings. The van der Waals surface area contributed by atoms with Gasteiger partial charge in [0.15, 0.2) is 5.96 Å². The number of ether oxygens (including phenoxy) is 1. The standard InChI is InChI=1S/C14H28N4O2S.HI/c1-6-20-13(19)18-9-7-17(8-10-18)12(15-4)16-11-14(2,3)21-5;/h6-11H2,1-5H3,(H,15,16);1H. The Kier molecular flexibility index (Phi) is 10.2. The number of thioether (sulfide) groups is 1. The van der Waals surface area contributed by atoms with Gasteiger partial charge in [0, 0.05) is 44.5 Å². The van der Waals surface area contributed by atoms with E-state index < -0.39 is 0 Å². The van der Waals surface area contributed by atoms with Crippen molar-refractivity contribution in [2.75, 3.05) is 52.6 Å². The molecule has 0 aromatic heterocycles. The molecule has 1 N–H and O–H groups in total. The van der Waals surface area contributed by atoms with Crippen molar-refractivity contribution in [3.63, 3.8) is 0 Å². The maximum Gasteiger partial charge on any atom is 0.409 e. The lowest BCUT2D eigenvalue weighted by Crippen LogP contribution is -2.55. The maximum atomic E-state index is 11.7. The molecule has 22 heavy (non-hydrogen) atoms. The zero-order valence-corrected chi connectivity index (χ0v) is 17.4. The normalized spacial score (nSPS) is 16.1. The van der Waals surface area contributed by atoms with Crippen LogP contribution in [-0.2, 0) is 4.74 Å². The Morgan fingerprint density at radius 1 is 1.27 bits per heavy atom. The predicted molar refractivity (Wildman–Crippen MR) is 105 cm³/mol. The minimum Gasteiger partial charge on any atom is -0.450 e. The molecule has 6 nitrogen and oxygen atoms in total. The molecule has 0 bridgehead atoms. The smallest absolute Gasteiger partial charge is 0.409 e. The Bertz CT molecular complexity index is 372. The molecule has 0 unspecified atom stereocenters. The number of nitrogens with one attached hydrogen (secondary N) is 1. The minimum atomic E-state index is -0.219. The third kappa shape index (κ3) is 6.80. The van der Waals surface area contributed by atoms with Gasteiger partial charge >= 0.3 is 6.09 Å². The summed E-state index contributed by atoms with van der Waals surface area (Å²) in [5, 5.41) is 3.42. The number of halogens is 1. The van der Waals surface area contributed by atoms with Crippen LogP contribution < -0.4 is 5.32 Å². The molecule has 1 aliphatic heterocycles. The topological polar surface area (TPSA) is 57.2 Å². The second kappa shape index (κ2) is 10.4. The van der Waals surface area contributed by atoms with Gasteiger partial charge in [-0.3, -0.25) is 4.99 Å². The van der Waals surface area contributed by atoms with Gasteiger partial charge in [0.05, 0.1) is 6.61 Å². The molecule has 130 valence electrons. The van der Waals surface area contributed by atoms with Gasteiger partial charge in [-0.1, -0.05) is 0 Å². The second-order valence-corrected chi connectivity index (χ2v) is 7.05. The first kappa shape index (κ1) is 21.6. The average Bonchev–Trinajstić information content (AvgIpc) is 2.48. The summed E-state index contributed by atoms with van der Waals surface area (Å²) < 4.78 is 5.20. The molecule has 1 fully saturated rings. The second-order valence-electron chi connectivity index (χ2n) is 5.54. The van der Waals surface area contributed by atoms with Gasteiger partial charge in [-0.2, -0.15) is 11.8 Å². The first-order valence-electron chi connectivity index (χ1n) is 7.36. The van der Waals surface area contributed by atoms with E-state index in [9.17, 15) is 4.79 Å². The van der Waals surface area contributed by atoms with Crippen LogP contribution in [0.5, 0.6) is 0 Å². The minimum absolute atomic E-state index is 0. The Morgan fingerprint density at radius 3 is 2.27 bits per heavy atom. The van der Waals surface area contributed by atoms with Crippen molar-refractivity contribution in [1.82, 2.24) is 15.1 Å². The van der Waals surface area contributed by atoms with Crippen molar-refractivity contribution < 1.29 is 9.53 Å². The molecule has 0 aliphatic carbocycles. The van der Waals surface area contributed by atoms with Gasteiger partial charge < -0.3 is 19.9 Å². The number of rotatable bonds is 4. The third-order valence-electron chi connectivity index (χ3n) is 3.54. The largest absolute Gasteiger partial charge is 0.450 e. The molecule has 0 atom stereocenters. The van der Waals surface area contributed by atoms with E-state index in [4.69, 9.17) is 4.74 Å². The van der Waals surface area contributed by atoms with E-state index in [1.807, 2.05) is 18.7 Å². The van der Waals surface area contributed by atoms with Gasteiger partial charge in [-0.25, -0.2) is 4.79 Å². The fourth-order valence-electron chi connectivity index (χ4n) is 2.01. The van der Waals surface area contributed by atoms with Gasteiger partial charge in [0.2, 0.25) is 0 Å². The zero-order chi connectivity index (χ0) is 15.9. The highest BCUT2D eigenvalue weighted by Crippen LogP contribution is 2.19. The fraction of sp³-hybridized carbons (Fsp3) is 0.857. The first-order chi connectivity index (χ1) is 9.93. The van der Waals surface area contributed by atoms with Gasteiger partial charge in [-0.15, -0.1) is 24.0 Å². The van der Waals surface area contributed by atoms with Crippen molar-refractivity contribution >= 4 is 47.8 Å². The molecular formula is C14H29IN4O2S. The molecule has 8 heteroatoms. The van der Waals surface area contributed by atoms with E-state index in [0.717, 1.165) is 25.6 Å². The summed E-state index contributed by atoms with van der Waals surface area (Å²) in [6.07, 6.45) is 1.89. The van der Waals surface area contributed by atoms with E-state index >= 15 is 0 Å². The third-order valence-corrected chi connectivity index (χ3v) is 4.79. The lowest BCUT2D eigenvalue weighted by atomic mass is 10.2. The number of nitrogens with zero attached hydrogens (tertiary/aromatic N) is 3. The quantitative estimate of drug-likeness (QED) is 0.409. The monoisotopic (exact) mass is 444 g/mol. The summed E-state index contributed by atoms with van der Waals surface area (Å²) in [6, 6.07) is 0. The molecule has 1 amide bonds. The van der Waals surface area contributed by atoms with E-state index in [1.165, 1.54) is 0 Å². The molecule has 1 saturated heterocycles. The lowest BCUT2D eigenvalue weighted by molar-refractivity contribution is 0.0914. The summed E-state index contributed by atoms with van der Waals surface area (Å²) >= 11 is 1.83. The number of hydrogen-bond donors (Lipinski definition) is 1. The van der Waals surface area contributed by atoms with Crippen LogP contribution in [0.4, 0.5) is 4.79 Å². The summed E-state index contributed by atoms with van der Waals surface area (Å²) in [4.78, 5) is 20.0. The number of amides is 1. The van der Waals surface area contributed by atoms with Crippen LogP contribution in [0.2, 0.25) is 0 Å². The van der Waals surface area contributed by atoms with E-state index in [1.54, 1.807) is 11.9 Å². The summed E-state index contributed by atoms with van der Waals surface area (Å²) in [6.45, 7) is 10.4. The SMILES string of the molecule is CCOC(=O)N1CCN(C(=NC)NCC(C)(C)SC)CC1.I. The summed E-state index contributed by atoms with van der Waals surface area (Å²) in [7, 11) is 1.80. The van der Waals surface area contributed by atoms with Crippen LogP contribution in [0, 0.1) is 0 Å². The Labute approximate surface area is 155 Å². The Morgan fingerprint density at radius 2 is 1.82 bits per heavy atom. The molecule has 0 aromatic rings. The van der Waals surface area contributed by atoms with Crippen LogP contribution in [0.3, 0.4) is 0 Å². The van der Waals surface area contributed by atoms with Crippen LogP contribution >= 0.6 is 35.7 Å². The molecule has 1 heterocycles. The molecule has 0 radical (unpaired) electrons. The van der Waals surface area contributed by atoms with E-state index in [-0.39, 0.29) is 34.8 Å². The average molecular weight is 444 g/mol. The number of guanidine groups is 1. The Balaban J connectivity index is 0.00000441. The molecule has 0 saturated carbocycles. The predicted octanol–water partition coefficient (Wildman–Crippen LogP) is 2.10. The van der Waals surface area contributed by atoms with Gasteiger partial charge in [0.1, 0.15) is 0 Å². The molecular weight excluding hydrogens is 415 g/mol. The lowest BCUT2D eigenvalue weighted by Gasteiger charge is -2.36. The highest BCUT2D eigenvalue weighted by Gasteiger charge is 2.24. The molecule has 0 spiro atoms. The summed E-state index contributed by atoms with van der Waals surface area (Å²) in [5.41, 5.74) is 0. The van der Waals surface area contributed by atoms with Crippen LogP contribution in [0.25, 0.3) is 0 Å². The number of aliphatic imine (C=N–C) groups is 1. The highest BCUT2D eigenvalue weighted by molar-refractivity contribution is 14.0. The van der Waals surface area contributed by atoms with Gasteiger partial charge in [-0.05, 0) is 27.0 Å². The van der Waals surface area contributed by atoms with Crippen molar-refractivity contribution in [3.05, 3.63) is 0 Å². The fourth-order valence-corrected chi connectivity index (χ4v) is 2.23. The van der Waals surface area contributed by atoms with Crippen molar-refractivity contribution in [1.29, 1.82) is 0 Å². The van der Waals surface area contributed by atoms with Crippen LogP contribution in [0.15, 0.2) is 4.99 Å². The first-order valence-corrected chi connectivity index (χ1v) is 8.58. The number of carbonyl (C=O) groups excluding carboxylic acids is 1. The number of piperazine rings is 1. The maximum absolute atomic E-state index is 11.7. The molecule has 1 rings (SSSR count). The number of hydrogen-bond acceptors (Lipinski definition) is 4.